The third kappa shape index (κ3) is 7.39. The first-order valence-electron chi connectivity index (χ1n) is 13.4. The lowest BCUT2D eigenvalue weighted by Gasteiger charge is -2.14. The second-order valence-corrected chi connectivity index (χ2v) is 15.3. The summed E-state index contributed by atoms with van der Waals surface area (Å²) in [7, 11) is 0. The Morgan fingerprint density at radius 3 is 1.50 bits per heavy atom. The Kier molecular flexibility index (Phi) is 9.46. The van der Waals surface area contributed by atoms with Crippen molar-refractivity contribution in [1.29, 1.82) is 0 Å². The second kappa shape index (κ2) is 13.5. The SMILES string of the molecule is Cc1cc(NC(=O)CSc2nc3cc(Cl)ccc3s2)ccc1-c1ccc(NC(=O)CSc2nc3cc(Cl)ccc3s2)cc1C. The number of aromatic nitrogens is 2. The number of halogens is 2. The lowest BCUT2D eigenvalue weighted by Crippen LogP contribution is -2.14. The molecule has 0 aliphatic rings. The lowest BCUT2D eigenvalue weighted by molar-refractivity contribution is -0.114. The largest absolute Gasteiger partial charge is 0.325 e. The fraction of sp³-hybridized carbons (Fsp3) is 0.125. The van der Waals surface area contributed by atoms with Gasteiger partial charge < -0.3 is 10.6 Å². The van der Waals surface area contributed by atoms with Gasteiger partial charge in [0.25, 0.3) is 0 Å². The summed E-state index contributed by atoms with van der Waals surface area (Å²) in [6.07, 6.45) is 0. The van der Waals surface area contributed by atoms with E-state index in [2.05, 4.69) is 20.6 Å². The molecule has 2 aromatic heterocycles. The third-order valence-electron chi connectivity index (χ3n) is 6.62. The van der Waals surface area contributed by atoms with Gasteiger partial charge in [0.1, 0.15) is 0 Å². The fourth-order valence-corrected chi connectivity index (χ4v) is 8.65. The van der Waals surface area contributed by atoms with E-state index in [-0.39, 0.29) is 23.3 Å². The molecule has 0 aliphatic carbocycles. The monoisotopic (exact) mass is 694 g/mol. The standard InChI is InChI=1S/C32H24Cl2N4O2S4/c1-17-11-21(35-29(39)15-41-31-37-25-13-19(33)3-9-27(25)43-31)5-7-23(17)24-8-6-22(12-18(24)2)36-30(40)16-42-32-38-26-14-20(34)4-10-28(26)44-32/h3-14H,15-16H2,1-2H3,(H,35,39)(H,36,40). The van der Waals surface area contributed by atoms with Gasteiger partial charge >= 0.3 is 0 Å². The maximum absolute atomic E-state index is 12.7. The third-order valence-corrected chi connectivity index (χ3v) is 11.5. The molecule has 0 spiro atoms. The van der Waals surface area contributed by atoms with Crippen molar-refractivity contribution in [3.8, 4) is 11.1 Å². The van der Waals surface area contributed by atoms with E-state index in [1.165, 1.54) is 23.5 Å². The van der Waals surface area contributed by atoms with Crippen molar-refractivity contribution in [2.45, 2.75) is 22.5 Å². The van der Waals surface area contributed by atoms with Gasteiger partial charge in [-0.25, -0.2) is 9.97 Å². The van der Waals surface area contributed by atoms with E-state index in [0.717, 1.165) is 62.7 Å². The van der Waals surface area contributed by atoms with Crippen LogP contribution in [0, 0.1) is 13.8 Å². The summed E-state index contributed by atoms with van der Waals surface area (Å²) in [5.74, 6) is 0.325. The van der Waals surface area contributed by atoms with Crippen LogP contribution in [0.2, 0.25) is 10.0 Å². The quantitative estimate of drug-likeness (QED) is 0.147. The van der Waals surface area contributed by atoms with Gasteiger partial charge in [0.2, 0.25) is 11.8 Å². The highest BCUT2D eigenvalue weighted by Crippen LogP contribution is 2.34. The molecule has 0 radical (unpaired) electrons. The van der Waals surface area contributed by atoms with Gasteiger partial charge in [0.05, 0.1) is 31.9 Å². The zero-order valence-corrected chi connectivity index (χ0v) is 28.2. The molecule has 6 rings (SSSR count). The molecule has 44 heavy (non-hydrogen) atoms. The van der Waals surface area contributed by atoms with E-state index in [4.69, 9.17) is 23.2 Å². The number of nitrogens with one attached hydrogen (secondary N) is 2. The van der Waals surface area contributed by atoms with Crippen molar-refractivity contribution >= 4 is 113 Å². The Morgan fingerprint density at radius 1 is 0.659 bits per heavy atom. The summed E-state index contributed by atoms with van der Waals surface area (Å²) in [5.41, 5.74) is 7.35. The molecule has 0 saturated carbocycles. The summed E-state index contributed by atoms with van der Waals surface area (Å²) in [6.45, 7) is 4.04. The number of benzene rings is 4. The first kappa shape index (κ1) is 30.9. The number of aryl methyl sites for hydroxylation is 2. The number of carbonyl (C=O) groups excluding carboxylic acids is 2. The van der Waals surface area contributed by atoms with Gasteiger partial charge in [-0.05, 0) is 96.8 Å². The molecule has 222 valence electrons. The van der Waals surface area contributed by atoms with Crippen molar-refractivity contribution in [2.75, 3.05) is 22.1 Å². The zero-order valence-electron chi connectivity index (χ0n) is 23.4. The number of hydrogen-bond acceptors (Lipinski definition) is 8. The van der Waals surface area contributed by atoms with Crippen LogP contribution in [0.5, 0.6) is 0 Å². The number of thiazole rings is 2. The van der Waals surface area contributed by atoms with Gasteiger partial charge in [-0.15, -0.1) is 22.7 Å². The molecule has 0 fully saturated rings. The highest BCUT2D eigenvalue weighted by atomic mass is 35.5. The van der Waals surface area contributed by atoms with Crippen LogP contribution in [0.1, 0.15) is 11.1 Å². The van der Waals surface area contributed by atoms with E-state index >= 15 is 0 Å². The highest BCUT2D eigenvalue weighted by Gasteiger charge is 2.13. The number of rotatable bonds is 9. The highest BCUT2D eigenvalue weighted by molar-refractivity contribution is 8.02. The maximum atomic E-state index is 12.7. The molecule has 0 atom stereocenters. The van der Waals surface area contributed by atoms with Crippen molar-refractivity contribution in [1.82, 2.24) is 9.97 Å². The average Bonchev–Trinajstić information content (AvgIpc) is 3.58. The Labute approximate surface area is 280 Å². The molecule has 6 aromatic rings. The number of thioether (sulfide) groups is 2. The van der Waals surface area contributed by atoms with Crippen LogP contribution in [0.4, 0.5) is 11.4 Å². The molecule has 4 aromatic carbocycles. The Hall–Kier alpha value is -3.12. The average molecular weight is 696 g/mol. The molecular formula is C32H24Cl2N4O2S4. The molecule has 0 aliphatic heterocycles. The van der Waals surface area contributed by atoms with Gasteiger partial charge in [-0.3, -0.25) is 9.59 Å². The summed E-state index contributed by atoms with van der Waals surface area (Å²) in [5, 5.41) is 7.27. The number of anilines is 2. The Balaban J connectivity index is 1.03. The smallest absolute Gasteiger partial charge is 0.234 e. The molecule has 2 heterocycles. The predicted octanol–water partition coefficient (Wildman–Crippen LogP) is 9.96. The summed E-state index contributed by atoms with van der Waals surface area (Å²) >= 11 is 18.0. The Bertz CT molecular complexity index is 1900. The molecule has 2 N–H and O–H groups in total. The molecule has 0 saturated heterocycles. The number of amides is 2. The number of hydrogen-bond donors (Lipinski definition) is 2. The topological polar surface area (TPSA) is 84.0 Å². The predicted molar refractivity (Wildman–Crippen MR) is 189 cm³/mol. The molecule has 2 amide bonds. The minimum atomic E-state index is -0.0959. The van der Waals surface area contributed by atoms with Crippen molar-refractivity contribution in [2.24, 2.45) is 0 Å². The van der Waals surface area contributed by atoms with E-state index in [9.17, 15) is 9.59 Å². The van der Waals surface area contributed by atoms with E-state index in [1.54, 1.807) is 22.7 Å². The first-order chi connectivity index (χ1) is 21.2. The number of carbonyl (C=O) groups is 2. The summed E-state index contributed by atoms with van der Waals surface area (Å²) in [6, 6.07) is 23.0. The van der Waals surface area contributed by atoms with Crippen LogP contribution in [0.3, 0.4) is 0 Å². The lowest BCUT2D eigenvalue weighted by atomic mass is 9.96. The van der Waals surface area contributed by atoms with Crippen molar-refractivity contribution < 1.29 is 9.59 Å². The summed E-state index contributed by atoms with van der Waals surface area (Å²) < 4.78 is 3.74. The van der Waals surface area contributed by atoms with Gasteiger partial charge in [0, 0.05) is 21.4 Å². The van der Waals surface area contributed by atoms with E-state index in [1.807, 2.05) is 86.6 Å². The first-order valence-corrected chi connectivity index (χ1v) is 17.8. The van der Waals surface area contributed by atoms with Crippen LogP contribution in [0.25, 0.3) is 31.6 Å². The van der Waals surface area contributed by atoms with E-state index in [0.29, 0.717) is 10.0 Å². The normalized spacial score (nSPS) is 11.3. The fourth-order valence-electron chi connectivity index (χ4n) is 4.62. The number of nitrogens with zero attached hydrogens (tertiary/aromatic N) is 2. The van der Waals surface area contributed by atoms with Gasteiger partial charge in [-0.2, -0.15) is 0 Å². The zero-order chi connectivity index (χ0) is 30.8. The molecule has 0 bridgehead atoms. The molecule has 6 nitrogen and oxygen atoms in total. The van der Waals surface area contributed by atoms with Crippen LogP contribution < -0.4 is 10.6 Å². The van der Waals surface area contributed by atoms with Crippen molar-refractivity contribution in [3.05, 3.63) is 94.0 Å². The van der Waals surface area contributed by atoms with Crippen LogP contribution in [-0.4, -0.2) is 33.3 Å². The van der Waals surface area contributed by atoms with Gasteiger partial charge in [0.15, 0.2) is 8.68 Å². The molecular weight excluding hydrogens is 672 g/mol. The van der Waals surface area contributed by atoms with Crippen LogP contribution in [-0.2, 0) is 9.59 Å². The van der Waals surface area contributed by atoms with Crippen molar-refractivity contribution in [3.63, 3.8) is 0 Å². The number of fused-ring (bicyclic) bond motifs is 2. The summed E-state index contributed by atoms with van der Waals surface area (Å²) in [4.78, 5) is 34.4. The Morgan fingerprint density at radius 2 is 1.09 bits per heavy atom. The van der Waals surface area contributed by atoms with E-state index < -0.39 is 0 Å². The second-order valence-electron chi connectivity index (χ2n) is 9.92. The molecule has 0 unspecified atom stereocenters. The van der Waals surface area contributed by atoms with Gasteiger partial charge in [-0.1, -0.05) is 58.9 Å². The minimum absolute atomic E-state index is 0.0959. The molecule has 12 heteroatoms. The minimum Gasteiger partial charge on any atom is -0.325 e. The van der Waals surface area contributed by atoms with Crippen LogP contribution in [0.15, 0.2) is 81.5 Å². The maximum Gasteiger partial charge on any atom is 0.234 e. The van der Waals surface area contributed by atoms with Crippen LogP contribution >= 0.6 is 69.4 Å².